The Bertz CT molecular complexity index is 828. The molecule has 0 bridgehead atoms. The van der Waals surface area contributed by atoms with Crippen LogP contribution in [0.2, 0.25) is 0 Å². The van der Waals surface area contributed by atoms with Gasteiger partial charge in [0.05, 0.1) is 11.2 Å². The molecule has 0 amide bonds. The van der Waals surface area contributed by atoms with Crippen LogP contribution in [0.1, 0.15) is 35.3 Å². The summed E-state index contributed by atoms with van der Waals surface area (Å²) in [5.41, 5.74) is 0.565. The molecule has 2 aromatic carbocycles. The summed E-state index contributed by atoms with van der Waals surface area (Å²) in [7, 11) is 0. The summed E-state index contributed by atoms with van der Waals surface area (Å²) in [6.07, 6.45) is 2.87. The van der Waals surface area contributed by atoms with Gasteiger partial charge in [-0.15, -0.1) is 0 Å². The van der Waals surface area contributed by atoms with E-state index in [4.69, 9.17) is 4.74 Å². The van der Waals surface area contributed by atoms with Crippen LogP contribution in [0.3, 0.4) is 0 Å². The number of aliphatic hydroxyl groups is 1. The van der Waals surface area contributed by atoms with Gasteiger partial charge in [0.2, 0.25) is 0 Å². The van der Waals surface area contributed by atoms with E-state index >= 15 is 0 Å². The van der Waals surface area contributed by atoms with Crippen molar-refractivity contribution in [1.82, 2.24) is 0 Å². The summed E-state index contributed by atoms with van der Waals surface area (Å²) >= 11 is 0. The summed E-state index contributed by atoms with van der Waals surface area (Å²) < 4.78 is 5.77. The van der Waals surface area contributed by atoms with E-state index in [9.17, 15) is 20.1 Å². The maximum Gasteiger partial charge on any atom is 0.189 e. The van der Waals surface area contributed by atoms with Crippen LogP contribution in [0, 0.1) is 0 Å². The molecule has 0 spiro atoms. The van der Waals surface area contributed by atoms with Crippen LogP contribution in [0.15, 0.2) is 42.5 Å². The van der Waals surface area contributed by atoms with Crippen molar-refractivity contribution >= 4 is 11.9 Å². The molecule has 1 atom stereocenters. The average Bonchev–Trinajstić information content (AvgIpc) is 3.01. The Labute approximate surface area is 145 Å². The number of phenols is 2. The zero-order chi connectivity index (χ0) is 18.2. The molecule has 25 heavy (non-hydrogen) atoms. The number of rotatable bonds is 4. The number of hydrogen-bond acceptors (Lipinski definition) is 5. The second-order valence-corrected chi connectivity index (χ2v) is 6.69. The molecule has 0 saturated carbocycles. The molecule has 1 heterocycles. The van der Waals surface area contributed by atoms with Crippen LogP contribution in [0.5, 0.6) is 17.2 Å². The Morgan fingerprint density at radius 1 is 1.16 bits per heavy atom. The van der Waals surface area contributed by atoms with Gasteiger partial charge in [-0.3, -0.25) is 4.79 Å². The Hall–Kier alpha value is -2.79. The Balaban J connectivity index is 1.88. The molecule has 0 unspecified atom stereocenters. The van der Waals surface area contributed by atoms with Crippen LogP contribution in [-0.4, -0.2) is 32.8 Å². The lowest BCUT2D eigenvalue weighted by atomic mass is 9.96. The Morgan fingerprint density at radius 2 is 1.84 bits per heavy atom. The molecule has 0 aromatic heterocycles. The van der Waals surface area contributed by atoms with Gasteiger partial charge in [0, 0.05) is 12.0 Å². The molecule has 130 valence electrons. The first-order valence-corrected chi connectivity index (χ1v) is 8.01. The topological polar surface area (TPSA) is 87.0 Å². The van der Waals surface area contributed by atoms with Gasteiger partial charge in [0.25, 0.3) is 0 Å². The molecule has 0 saturated heterocycles. The van der Waals surface area contributed by atoms with Crippen molar-refractivity contribution in [3.05, 3.63) is 59.2 Å². The van der Waals surface area contributed by atoms with E-state index in [0.29, 0.717) is 23.3 Å². The predicted molar refractivity (Wildman–Crippen MR) is 94.0 cm³/mol. The van der Waals surface area contributed by atoms with Crippen LogP contribution in [0.25, 0.3) is 6.08 Å². The standard InChI is InChI=1S/C20H20O5/c1-20(2,24)18-11-15-17(23)10-8-14(19(15)25-18)16(22)9-5-12-3-6-13(21)7-4-12/h3-10,18,21,23-24H,11H2,1-2H3/b9-5+/t18-/m0/s1. The number of hydrogen-bond donors (Lipinski definition) is 3. The molecule has 3 rings (SSSR count). The number of aromatic hydroxyl groups is 2. The third-order valence-corrected chi connectivity index (χ3v) is 4.26. The normalized spacial score (nSPS) is 16.7. The number of carbonyl (C=O) groups excluding carboxylic acids is 1. The van der Waals surface area contributed by atoms with Crippen LogP contribution < -0.4 is 4.74 Å². The summed E-state index contributed by atoms with van der Waals surface area (Å²) in [6, 6.07) is 9.46. The summed E-state index contributed by atoms with van der Waals surface area (Å²) in [6.45, 7) is 3.26. The smallest absolute Gasteiger partial charge is 0.189 e. The molecule has 1 aliphatic rings. The fourth-order valence-corrected chi connectivity index (χ4v) is 2.75. The van der Waals surface area contributed by atoms with Gasteiger partial charge in [-0.2, -0.15) is 0 Å². The lowest BCUT2D eigenvalue weighted by Gasteiger charge is -2.24. The molecule has 0 radical (unpaired) electrons. The van der Waals surface area contributed by atoms with Crippen LogP contribution in [-0.2, 0) is 6.42 Å². The Kier molecular flexibility index (Phi) is 4.27. The van der Waals surface area contributed by atoms with Crippen molar-refractivity contribution in [3.63, 3.8) is 0 Å². The number of allylic oxidation sites excluding steroid dienone is 1. The maximum absolute atomic E-state index is 12.6. The van der Waals surface area contributed by atoms with Crippen molar-refractivity contribution in [3.8, 4) is 17.2 Å². The molecule has 0 aliphatic carbocycles. The molecule has 3 N–H and O–H groups in total. The van der Waals surface area contributed by atoms with Gasteiger partial charge in [-0.25, -0.2) is 0 Å². The van der Waals surface area contributed by atoms with Crippen LogP contribution in [0.4, 0.5) is 0 Å². The molecule has 5 heteroatoms. The number of fused-ring (bicyclic) bond motifs is 1. The van der Waals surface area contributed by atoms with Crippen molar-refractivity contribution in [2.45, 2.75) is 32.0 Å². The fourth-order valence-electron chi connectivity index (χ4n) is 2.75. The molecule has 2 aromatic rings. The molecular weight excluding hydrogens is 320 g/mol. The van der Waals surface area contributed by atoms with E-state index in [1.54, 1.807) is 44.2 Å². The van der Waals surface area contributed by atoms with Gasteiger partial charge in [-0.1, -0.05) is 18.2 Å². The summed E-state index contributed by atoms with van der Waals surface area (Å²) in [5.74, 6) is 0.278. The number of phenolic OH excluding ortho intramolecular Hbond substituents is 2. The first-order chi connectivity index (χ1) is 11.8. The largest absolute Gasteiger partial charge is 0.508 e. The van der Waals surface area contributed by atoms with Crippen molar-refractivity contribution in [2.75, 3.05) is 0 Å². The van der Waals surface area contributed by atoms with E-state index < -0.39 is 11.7 Å². The zero-order valence-corrected chi connectivity index (χ0v) is 14.1. The predicted octanol–water partition coefficient (Wildman–Crippen LogP) is 3.07. The summed E-state index contributed by atoms with van der Waals surface area (Å²) in [4.78, 5) is 12.6. The average molecular weight is 340 g/mol. The molecule has 1 aliphatic heterocycles. The van der Waals surface area contributed by atoms with Crippen molar-refractivity contribution in [1.29, 1.82) is 0 Å². The van der Waals surface area contributed by atoms with E-state index in [0.717, 1.165) is 5.56 Å². The lowest BCUT2D eigenvalue weighted by Crippen LogP contribution is -2.39. The number of ketones is 1. The van der Waals surface area contributed by atoms with Gasteiger partial charge >= 0.3 is 0 Å². The minimum Gasteiger partial charge on any atom is -0.508 e. The number of carbonyl (C=O) groups is 1. The first-order valence-electron chi connectivity index (χ1n) is 8.01. The first kappa shape index (κ1) is 17.0. The van der Waals surface area contributed by atoms with Crippen LogP contribution >= 0.6 is 0 Å². The second-order valence-electron chi connectivity index (χ2n) is 6.69. The minimum absolute atomic E-state index is 0.0563. The quantitative estimate of drug-likeness (QED) is 0.588. The van der Waals surface area contributed by atoms with E-state index in [1.807, 2.05) is 0 Å². The highest BCUT2D eigenvalue weighted by Crippen LogP contribution is 2.41. The molecule has 5 nitrogen and oxygen atoms in total. The monoisotopic (exact) mass is 340 g/mol. The highest BCUT2D eigenvalue weighted by molar-refractivity contribution is 6.09. The van der Waals surface area contributed by atoms with Gasteiger partial charge in [0.15, 0.2) is 5.78 Å². The van der Waals surface area contributed by atoms with Gasteiger partial charge in [0.1, 0.15) is 23.4 Å². The van der Waals surface area contributed by atoms with Gasteiger partial charge < -0.3 is 20.1 Å². The Morgan fingerprint density at radius 3 is 2.48 bits per heavy atom. The van der Waals surface area contributed by atoms with Crippen molar-refractivity contribution in [2.24, 2.45) is 0 Å². The lowest BCUT2D eigenvalue weighted by molar-refractivity contribution is -0.0231. The third-order valence-electron chi connectivity index (χ3n) is 4.26. The highest BCUT2D eigenvalue weighted by Gasteiger charge is 2.38. The molecule has 0 fully saturated rings. The zero-order valence-electron chi connectivity index (χ0n) is 14.1. The second kappa shape index (κ2) is 6.26. The number of benzene rings is 2. The van der Waals surface area contributed by atoms with E-state index in [2.05, 4.69) is 0 Å². The van der Waals surface area contributed by atoms with Crippen molar-refractivity contribution < 1.29 is 24.9 Å². The van der Waals surface area contributed by atoms with E-state index in [1.165, 1.54) is 18.2 Å². The minimum atomic E-state index is -1.09. The fraction of sp³-hybridized carbons (Fsp3) is 0.250. The van der Waals surface area contributed by atoms with E-state index in [-0.39, 0.29) is 17.3 Å². The third kappa shape index (κ3) is 3.51. The van der Waals surface area contributed by atoms with Gasteiger partial charge in [-0.05, 0) is 49.8 Å². The summed E-state index contributed by atoms with van der Waals surface area (Å²) in [5, 5.41) is 29.5. The number of ether oxygens (including phenoxy) is 1. The SMILES string of the molecule is CC(C)(O)[C@@H]1Cc2c(O)ccc(C(=O)/C=C/c3ccc(O)cc3)c2O1. The maximum atomic E-state index is 12.6. The molecular formula is C20H20O5. The highest BCUT2D eigenvalue weighted by atomic mass is 16.5.